The maximum atomic E-state index is 12.2. The molecule has 0 spiro atoms. The first-order valence-electron chi connectivity index (χ1n) is 6.64. The summed E-state index contributed by atoms with van der Waals surface area (Å²) in [4.78, 5) is 12.2. The van der Waals surface area contributed by atoms with Crippen molar-refractivity contribution in [2.75, 3.05) is 0 Å². The lowest BCUT2D eigenvalue weighted by atomic mass is 10.2. The van der Waals surface area contributed by atoms with E-state index in [2.05, 4.69) is 10.4 Å². The highest BCUT2D eigenvalue weighted by molar-refractivity contribution is 5.93. The number of carbonyl (C=O) groups is 1. The predicted molar refractivity (Wildman–Crippen MR) is 78.5 cm³/mol. The lowest BCUT2D eigenvalue weighted by molar-refractivity contribution is 0.0941. The van der Waals surface area contributed by atoms with Crippen molar-refractivity contribution in [3.05, 3.63) is 66.1 Å². The summed E-state index contributed by atoms with van der Waals surface area (Å²) in [6.07, 6.45) is 1.58. The number of aryl methyl sites for hydroxylation is 1. The molecular formula is C16H15N3O2. The average Bonchev–Trinajstić information content (AvgIpc) is 3.15. The zero-order valence-electron chi connectivity index (χ0n) is 11.6. The van der Waals surface area contributed by atoms with Gasteiger partial charge in [-0.1, -0.05) is 30.3 Å². The zero-order chi connectivity index (χ0) is 14.7. The van der Waals surface area contributed by atoms with E-state index in [0.717, 1.165) is 5.56 Å². The molecule has 3 aromatic rings. The van der Waals surface area contributed by atoms with Gasteiger partial charge in [0, 0.05) is 19.7 Å². The fourth-order valence-corrected chi connectivity index (χ4v) is 2.09. The Bertz CT molecular complexity index is 730. The van der Waals surface area contributed by atoms with Gasteiger partial charge in [0.25, 0.3) is 5.91 Å². The van der Waals surface area contributed by atoms with Crippen LogP contribution in [-0.2, 0) is 13.6 Å². The van der Waals surface area contributed by atoms with Gasteiger partial charge in [0.15, 0.2) is 5.76 Å². The number of carbonyl (C=O) groups excluding carboxylic acids is 1. The highest BCUT2D eigenvalue weighted by Gasteiger charge is 2.15. The molecular weight excluding hydrogens is 266 g/mol. The van der Waals surface area contributed by atoms with Gasteiger partial charge in [0.1, 0.15) is 11.4 Å². The summed E-state index contributed by atoms with van der Waals surface area (Å²) in [5.41, 5.74) is 2.20. The van der Waals surface area contributed by atoms with Crippen molar-refractivity contribution in [2.24, 2.45) is 7.05 Å². The predicted octanol–water partition coefficient (Wildman–Crippen LogP) is 2.61. The molecule has 0 bridgehead atoms. The van der Waals surface area contributed by atoms with E-state index in [0.29, 0.717) is 23.7 Å². The first kappa shape index (κ1) is 13.2. The van der Waals surface area contributed by atoms with Crippen LogP contribution in [0.15, 0.2) is 59.2 Å². The Morgan fingerprint density at radius 2 is 2.05 bits per heavy atom. The molecule has 2 heterocycles. The first-order chi connectivity index (χ1) is 10.2. The molecule has 1 amide bonds. The summed E-state index contributed by atoms with van der Waals surface area (Å²) < 4.78 is 6.84. The zero-order valence-corrected chi connectivity index (χ0v) is 11.6. The molecule has 0 radical (unpaired) electrons. The molecule has 106 valence electrons. The fraction of sp³-hybridized carbons (Fsp3) is 0.125. The van der Waals surface area contributed by atoms with Crippen LogP contribution in [0.1, 0.15) is 16.1 Å². The Kier molecular flexibility index (Phi) is 3.55. The Morgan fingerprint density at radius 1 is 1.24 bits per heavy atom. The third-order valence-electron chi connectivity index (χ3n) is 3.18. The molecule has 3 rings (SSSR count). The molecule has 21 heavy (non-hydrogen) atoms. The third kappa shape index (κ3) is 2.86. The van der Waals surface area contributed by atoms with E-state index in [9.17, 15) is 4.79 Å². The van der Waals surface area contributed by atoms with Crippen LogP contribution < -0.4 is 5.32 Å². The standard InChI is InChI=1S/C16H15N3O2/c1-19-14(10-13(18-19)15-8-5-9-21-15)16(20)17-11-12-6-3-2-4-7-12/h2-10H,11H2,1H3,(H,17,20). The molecule has 5 heteroatoms. The van der Waals surface area contributed by atoms with Crippen LogP contribution in [0.25, 0.3) is 11.5 Å². The van der Waals surface area contributed by atoms with E-state index in [1.807, 2.05) is 36.4 Å². The normalized spacial score (nSPS) is 10.5. The number of benzene rings is 1. The molecule has 2 aromatic heterocycles. The summed E-state index contributed by atoms with van der Waals surface area (Å²) >= 11 is 0. The van der Waals surface area contributed by atoms with Gasteiger partial charge in [-0.05, 0) is 17.7 Å². The minimum Gasteiger partial charge on any atom is -0.463 e. The smallest absolute Gasteiger partial charge is 0.269 e. The number of amides is 1. The van der Waals surface area contributed by atoms with Crippen molar-refractivity contribution in [2.45, 2.75) is 6.54 Å². The lowest BCUT2D eigenvalue weighted by Crippen LogP contribution is -2.25. The first-order valence-corrected chi connectivity index (χ1v) is 6.64. The van der Waals surface area contributed by atoms with Crippen LogP contribution in [0, 0.1) is 0 Å². The second-order valence-corrected chi connectivity index (χ2v) is 4.68. The molecule has 1 aromatic carbocycles. The molecule has 0 aliphatic carbocycles. The van der Waals surface area contributed by atoms with Crippen LogP contribution in [0.5, 0.6) is 0 Å². The number of nitrogens with one attached hydrogen (secondary N) is 1. The molecule has 0 fully saturated rings. The van der Waals surface area contributed by atoms with Crippen molar-refractivity contribution in [1.82, 2.24) is 15.1 Å². The topological polar surface area (TPSA) is 60.1 Å². The van der Waals surface area contributed by atoms with Crippen LogP contribution >= 0.6 is 0 Å². The maximum Gasteiger partial charge on any atom is 0.269 e. The molecule has 1 N–H and O–H groups in total. The summed E-state index contributed by atoms with van der Waals surface area (Å²) in [6.45, 7) is 0.487. The lowest BCUT2D eigenvalue weighted by Gasteiger charge is -2.05. The van der Waals surface area contributed by atoms with E-state index < -0.39 is 0 Å². The van der Waals surface area contributed by atoms with Crippen LogP contribution in [-0.4, -0.2) is 15.7 Å². The van der Waals surface area contributed by atoms with Gasteiger partial charge < -0.3 is 9.73 Å². The van der Waals surface area contributed by atoms with Gasteiger partial charge in [-0.15, -0.1) is 0 Å². The van der Waals surface area contributed by atoms with Crippen LogP contribution in [0.2, 0.25) is 0 Å². The quantitative estimate of drug-likeness (QED) is 0.799. The van der Waals surface area contributed by atoms with Gasteiger partial charge in [-0.2, -0.15) is 5.10 Å². The SMILES string of the molecule is Cn1nc(-c2ccco2)cc1C(=O)NCc1ccccc1. The van der Waals surface area contributed by atoms with Crippen LogP contribution in [0.4, 0.5) is 0 Å². The largest absolute Gasteiger partial charge is 0.463 e. The highest BCUT2D eigenvalue weighted by atomic mass is 16.3. The monoisotopic (exact) mass is 281 g/mol. The van der Waals surface area contributed by atoms with E-state index in [-0.39, 0.29) is 5.91 Å². The maximum absolute atomic E-state index is 12.2. The number of rotatable bonds is 4. The number of furan rings is 1. The summed E-state index contributed by atoms with van der Waals surface area (Å²) in [7, 11) is 1.74. The minimum absolute atomic E-state index is 0.161. The van der Waals surface area contributed by atoms with Crippen molar-refractivity contribution in [1.29, 1.82) is 0 Å². The number of hydrogen-bond donors (Lipinski definition) is 1. The van der Waals surface area contributed by atoms with Crippen LogP contribution in [0.3, 0.4) is 0 Å². The second-order valence-electron chi connectivity index (χ2n) is 4.68. The van der Waals surface area contributed by atoms with Gasteiger partial charge in [0.2, 0.25) is 0 Å². The molecule has 0 unspecified atom stereocenters. The molecule has 0 aliphatic heterocycles. The van der Waals surface area contributed by atoms with E-state index in [4.69, 9.17) is 4.42 Å². The van der Waals surface area contributed by atoms with Crippen molar-refractivity contribution in [3.63, 3.8) is 0 Å². The van der Waals surface area contributed by atoms with Crippen molar-refractivity contribution in [3.8, 4) is 11.5 Å². The summed E-state index contributed by atoms with van der Waals surface area (Å²) in [5.74, 6) is 0.486. The Balaban J connectivity index is 1.73. The summed E-state index contributed by atoms with van der Waals surface area (Å²) in [6, 6.07) is 15.1. The number of nitrogens with zero attached hydrogens (tertiary/aromatic N) is 2. The minimum atomic E-state index is -0.161. The van der Waals surface area contributed by atoms with Gasteiger partial charge in [-0.3, -0.25) is 9.48 Å². The average molecular weight is 281 g/mol. The summed E-state index contributed by atoms with van der Waals surface area (Å²) in [5, 5.41) is 7.18. The molecule has 0 saturated carbocycles. The third-order valence-corrected chi connectivity index (χ3v) is 3.18. The molecule has 0 saturated heterocycles. The Labute approximate surface area is 122 Å². The number of aromatic nitrogens is 2. The fourth-order valence-electron chi connectivity index (χ4n) is 2.09. The van der Waals surface area contributed by atoms with E-state index >= 15 is 0 Å². The van der Waals surface area contributed by atoms with Gasteiger partial charge in [0.05, 0.1) is 6.26 Å². The second kappa shape index (κ2) is 5.66. The molecule has 0 aliphatic rings. The van der Waals surface area contributed by atoms with Crippen molar-refractivity contribution >= 4 is 5.91 Å². The van der Waals surface area contributed by atoms with E-state index in [1.54, 1.807) is 30.1 Å². The molecule has 5 nitrogen and oxygen atoms in total. The molecule has 0 atom stereocenters. The van der Waals surface area contributed by atoms with E-state index in [1.165, 1.54) is 0 Å². The highest BCUT2D eigenvalue weighted by Crippen LogP contribution is 2.19. The van der Waals surface area contributed by atoms with Gasteiger partial charge in [-0.25, -0.2) is 0 Å². The number of hydrogen-bond acceptors (Lipinski definition) is 3. The van der Waals surface area contributed by atoms with Crippen molar-refractivity contribution < 1.29 is 9.21 Å². The Hall–Kier alpha value is -2.82. The Morgan fingerprint density at radius 3 is 2.76 bits per heavy atom. The van der Waals surface area contributed by atoms with Gasteiger partial charge >= 0.3 is 0 Å².